The largest absolute Gasteiger partial charge is 0.416 e. The summed E-state index contributed by atoms with van der Waals surface area (Å²) in [5, 5.41) is 0. The third kappa shape index (κ3) is 4.01. The number of hydrogen-bond donors (Lipinski definition) is 1. The number of aromatic nitrogens is 4. The van der Waals surface area contributed by atoms with Crippen molar-refractivity contribution in [2.24, 2.45) is 0 Å². The van der Waals surface area contributed by atoms with Gasteiger partial charge in [0.15, 0.2) is 0 Å². The first-order valence-electron chi connectivity index (χ1n) is 9.83. The van der Waals surface area contributed by atoms with Crippen molar-refractivity contribution < 1.29 is 13.2 Å². The van der Waals surface area contributed by atoms with Gasteiger partial charge in [-0.05, 0) is 60.4 Å². The summed E-state index contributed by atoms with van der Waals surface area (Å²) >= 11 is 0. The van der Waals surface area contributed by atoms with Gasteiger partial charge in [0, 0.05) is 29.6 Å². The number of nitrogen functional groups attached to an aromatic ring is 1. The second-order valence-electron chi connectivity index (χ2n) is 7.63. The molecule has 3 heterocycles. The van der Waals surface area contributed by atoms with Crippen molar-refractivity contribution in [1.82, 2.24) is 19.5 Å². The normalized spacial score (nSPS) is 14.0. The lowest BCUT2D eigenvalue weighted by Gasteiger charge is -2.11. The number of benzene rings is 1. The molecule has 0 saturated heterocycles. The van der Waals surface area contributed by atoms with Gasteiger partial charge in [-0.25, -0.2) is 15.0 Å². The summed E-state index contributed by atoms with van der Waals surface area (Å²) in [6.07, 6.45) is 2.95. The van der Waals surface area contributed by atoms with Crippen LogP contribution in [0, 0.1) is 0 Å². The Morgan fingerprint density at radius 1 is 0.903 bits per heavy atom. The predicted molar refractivity (Wildman–Crippen MR) is 111 cm³/mol. The van der Waals surface area contributed by atoms with E-state index in [-0.39, 0.29) is 0 Å². The lowest BCUT2D eigenvalue weighted by Crippen LogP contribution is -2.04. The van der Waals surface area contributed by atoms with E-state index < -0.39 is 11.7 Å². The number of rotatable bonds is 4. The molecule has 0 aliphatic heterocycles. The van der Waals surface area contributed by atoms with E-state index in [1.54, 1.807) is 18.6 Å². The van der Waals surface area contributed by atoms with Crippen molar-refractivity contribution in [3.63, 3.8) is 0 Å². The SMILES string of the molecule is Nc1ccc(-c2cn(-c3cc(-c4ccc(C(F)(F)F)cc4)cc(C4CC4)n3)cn2)cn1. The second-order valence-corrected chi connectivity index (χ2v) is 7.63. The molecule has 1 saturated carbocycles. The van der Waals surface area contributed by atoms with Crippen LogP contribution in [-0.4, -0.2) is 19.5 Å². The molecule has 0 spiro atoms. The quantitative estimate of drug-likeness (QED) is 0.474. The fraction of sp³-hybridized carbons (Fsp3) is 0.174. The van der Waals surface area contributed by atoms with Crippen molar-refractivity contribution in [2.75, 3.05) is 5.73 Å². The zero-order chi connectivity index (χ0) is 21.6. The van der Waals surface area contributed by atoms with Crippen LogP contribution in [0.4, 0.5) is 19.0 Å². The fourth-order valence-corrected chi connectivity index (χ4v) is 3.43. The maximum atomic E-state index is 12.9. The van der Waals surface area contributed by atoms with E-state index in [1.165, 1.54) is 12.1 Å². The highest BCUT2D eigenvalue weighted by Gasteiger charge is 2.30. The van der Waals surface area contributed by atoms with E-state index >= 15 is 0 Å². The molecule has 3 aromatic heterocycles. The fourth-order valence-electron chi connectivity index (χ4n) is 3.43. The van der Waals surface area contributed by atoms with Crippen molar-refractivity contribution in [1.29, 1.82) is 0 Å². The highest BCUT2D eigenvalue weighted by atomic mass is 19.4. The van der Waals surface area contributed by atoms with E-state index in [0.717, 1.165) is 47.5 Å². The molecule has 0 radical (unpaired) electrons. The number of nitrogens with two attached hydrogens (primary N) is 1. The molecule has 0 amide bonds. The Kier molecular flexibility index (Phi) is 4.50. The Labute approximate surface area is 176 Å². The number of alkyl halides is 3. The van der Waals surface area contributed by atoms with Gasteiger partial charge in [0.1, 0.15) is 18.0 Å². The van der Waals surface area contributed by atoms with Gasteiger partial charge in [0.2, 0.25) is 0 Å². The molecule has 0 bridgehead atoms. The average molecular weight is 421 g/mol. The molecule has 4 aromatic rings. The summed E-state index contributed by atoms with van der Waals surface area (Å²) in [6, 6.07) is 12.6. The van der Waals surface area contributed by atoms with Crippen molar-refractivity contribution in [2.45, 2.75) is 24.9 Å². The summed E-state index contributed by atoms with van der Waals surface area (Å²) in [5.74, 6) is 1.49. The van der Waals surface area contributed by atoms with Gasteiger partial charge >= 0.3 is 6.18 Å². The minimum Gasteiger partial charge on any atom is -0.384 e. The molecule has 1 aliphatic carbocycles. The molecule has 5 nitrogen and oxygen atoms in total. The zero-order valence-corrected chi connectivity index (χ0v) is 16.3. The van der Waals surface area contributed by atoms with Gasteiger partial charge < -0.3 is 5.73 Å². The highest BCUT2D eigenvalue weighted by Crippen LogP contribution is 2.41. The molecule has 8 heteroatoms. The monoisotopic (exact) mass is 421 g/mol. The van der Waals surface area contributed by atoms with Crippen LogP contribution in [0.1, 0.15) is 30.0 Å². The highest BCUT2D eigenvalue weighted by molar-refractivity contribution is 5.67. The predicted octanol–water partition coefficient (Wildman–Crippen LogP) is 5.47. The summed E-state index contributed by atoms with van der Waals surface area (Å²) in [6.45, 7) is 0. The Balaban J connectivity index is 1.53. The Morgan fingerprint density at radius 3 is 2.29 bits per heavy atom. The van der Waals surface area contributed by atoms with E-state index in [0.29, 0.717) is 23.1 Å². The van der Waals surface area contributed by atoms with Gasteiger partial charge in [-0.15, -0.1) is 0 Å². The van der Waals surface area contributed by atoms with Crippen molar-refractivity contribution >= 4 is 5.82 Å². The molecule has 1 aliphatic rings. The third-order valence-corrected chi connectivity index (χ3v) is 5.30. The standard InChI is InChI=1S/C23H18F3N5/c24-23(25,26)18-6-3-14(4-7-18)17-9-19(15-1-2-15)30-22(10-17)31-12-20(29-13-31)16-5-8-21(27)28-11-16/h3-13,15H,1-2H2,(H2,27,28). The van der Waals surface area contributed by atoms with Gasteiger partial charge in [0.25, 0.3) is 0 Å². The minimum atomic E-state index is -4.36. The number of nitrogens with zero attached hydrogens (tertiary/aromatic N) is 4. The molecule has 0 atom stereocenters. The molecule has 1 aromatic carbocycles. The van der Waals surface area contributed by atoms with E-state index in [9.17, 15) is 13.2 Å². The van der Waals surface area contributed by atoms with Crippen LogP contribution in [0.15, 0.2) is 67.3 Å². The molecule has 0 unspecified atom stereocenters. The van der Waals surface area contributed by atoms with Gasteiger partial charge in [-0.1, -0.05) is 12.1 Å². The Morgan fingerprint density at radius 2 is 1.65 bits per heavy atom. The van der Waals surface area contributed by atoms with E-state index in [2.05, 4.69) is 9.97 Å². The summed E-state index contributed by atoms with van der Waals surface area (Å²) in [4.78, 5) is 13.3. The topological polar surface area (TPSA) is 69.6 Å². The minimum absolute atomic E-state index is 0.387. The summed E-state index contributed by atoms with van der Waals surface area (Å²) in [7, 11) is 0. The van der Waals surface area contributed by atoms with Gasteiger partial charge in [0.05, 0.1) is 11.3 Å². The smallest absolute Gasteiger partial charge is 0.384 e. The first-order chi connectivity index (χ1) is 14.9. The van der Waals surface area contributed by atoms with Crippen molar-refractivity contribution in [3.8, 4) is 28.2 Å². The van der Waals surface area contributed by atoms with Crippen LogP contribution >= 0.6 is 0 Å². The Bertz CT molecular complexity index is 1220. The van der Waals surface area contributed by atoms with Crippen LogP contribution in [0.3, 0.4) is 0 Å². The first-order valence-corrected chi connectivity index (χ1v) is 9.83. The molecule has 5 rings (SSSR count). The number of halogens is 3. The molecule has 1 fully saturated rings. The second kappa shape index (κ2) is 7.23. The number of imidazole rings is 1. The summed E-state index contributed by atoms with van der Waals surface area (Å²) < 4.78 is 40.6. The number of hydrogen-bond acceptors (Lipinski definition) is 4. The number of pyridine rings is 2. The maximum absolute atomic E-state index is 12.9. The molecule has 156 valence electrons. The first kappa shape index (κ1) is 19.3. The summed E-state index contributed by atoms with van der Waals surface area (Å²) in [5.41, 5.74) is 9.01. The van der Waals surface area contributed by atoms with Gasteiger partial charge in [-0.3, -0.25) is 4.57 Å². The molecular formula is C23H18F3N5. The van der Waals surface area contributed by atoms with E-state index in [1.807, 2.05) is 29.0 Å². The van der Waals surface area contributed by atoms with Crippen LogP contribution in [0.25, 0.3) is 28.2 Å². The Hall–Kier alpha value is -3.68. The molecular weight excluding hydrogens is 403 g/mol. The lowest BCUT2D eigenvalue weighted by atomic mass is 10.0. The average Bonchev–Trinajstić information content (AvgIpc) is 3.50. The molecule has 2 N–H and O–H groups in total. The van der Waals surface area contributed by atoms with Crippen LogP contribution in [0.2, 0.25) is 0 Å². The van der Waals surface area contributed by atoms with Crippen LogP contribution in [-0.2, 0) is 6.18 Å². The third-order valence-electron chi connectivity index (χ3n) is 5.30. The van der Waals surface area contributed by atoms with E-state index in [4.69, 9.17) is 10.7 Å². The van der Waals surface area contributed by atoms with Crippen LogP contribution in [0.5, 0.6) is 0 Å². The van der Waals surface area contributed by atoms with Crippen LogP contribution < -0.4 is 5.73 Å². The van der Waals surface area contributed by atoms with Gasteiger partial charge in [-0.2, -0.15) is 13.2 Å². The zero-order valence-electron chi connectivity index (χ0n) is 16.3. The lowest BCUT2D eigenvalue weighted by molar-refractivity contribution is -0.137. The number of anilines is 1. The maximum Gasteiger partial charge on any atom is 0.416 e. The molecule has 31 heavy (non-hydrogen) atoms. The van der Waals surface area contributed by atoms with Crippen molar-refractivity contribution in [3.05, 3.63) is 78.5 Å².